The number of hydrogen-bond donors (Lipinski definition) is 1. The fourth-order valence-corrected chi connectivity index (χ4v) is 3.31. The van der Waals surface area contributed by atoms with Crippen molar-refractivity contribution in [2.75, 3.05) is 19.1 Å². The molecule has 0 bridgehead atoms. The molecule has 1 aliphatic heterocycles. The second-order valence-corrected chi connectivity index (χ2v) is 6.77. The van der Waals surface area contributed by atoms with E-state index in [1.165, 1.54) is 19.1 Å². The SMILES string of the molecule is COc1ccc(N2C(=O)C(=Cc3cc(C)n(C)c3C)C(=O)NC2=S)c(OC)c1. The van der Waals surface area contributed by atoms with E-state index in [0.29, 0.717) is 17.2 Å². The van der Waals surface area contributed by atoms with E-state index in [1.807, 2.05) is 31.5 Å². The zero-order valence-electron chi connectivity index (χ0n) is 16.3. The van der Waals surface area contributed by atoms with Crippen LogP contribution >= 0.6 is 12.2 Å². The highest BCUT2D eigenvalue weighted by molar-refractivity contribution is 7.80. The molecule has 8 heteroatoms. The lowest BCUT2D eigenvalue weighted by Gasteiger charge is -2.30. The fourth-order valence-electron chi connectivity index (χ4n) is 3.03. The van der Waals surface area contributed by atoms with Gasteiger partial charge in [0, 0.05) is 24.5 Å². The van der Waals surface area contributed by atoms with E-state index in [9.17, 15) is 9.59 Å². The second-order valence-electron chi connectivity index (χ2n) is 6.38. The van der Waals surface area contributed by atoms with E-state index in [-0.39, 0.29) is 10.7 Å². The summed E-state index contributed by atoms with van der Waals surface area (Å²) in [6.07, 6.45) is 1.59. The molecule has 7 nitrogen and oxygen atoms in total. The molecular weight excluding hydrogens is 378 g/mol. The van der Waals surface area contributed by atoms with E-state index in [4.69, 9.17) is 21.7 Å². The molecular formula is C20H21N3O4S. The monoisotopic (exact) mass is 399 g/mol. The van der Waals surface area contributed by atoms with Crippen molar-refractivity contribution in [1.82, 2.24) is 9.88 Å². The van der Waals surface area contributed by atoms with Crippen molar-refractivity contribution in [2.45, 2.75) is 13.8 Å². The Morgan fingerprint density at radius 2 is 1.82 bits per heavy atom. The fraction of sp³-hybridized carbons (Fsp3) is 0.250. The van der Waals surface area contributed by atoms with Crippen LogP contribution in [0.3, 0.4) is 0 Å². The van der Waals surface area contributed by atoms with Gasteiger partial charge < -0.3 is 14.0 Å². The Morgan fingerprint density at radius 1 is 1.11 bits per heavy atom. The molecule has 0 saturated carbocycles. The lowest BCUT2D eigenvalue weighted by atomic mass is 10.1. The van der Waals surface area contributed by atoms with Crippen molar-refractivity contribution >= 4 is 40.9 Å². The summed E-state index contributed by atoms with van der Waals surface area (Å²) in [6.45, 7) is 3.89. The summed E-state index contributed by atoms with van der Waals surface area (Å²) < 4.78 is 12.6. The zero-order valence-corrected chi connectivity index (χ0v) is 17.1. The maximum Gasteiger partial charge on any atom is 0.270 e. The molecule has 0 aliphatic carbocycles. The van der Waals surface area contributed by atoms with Gasteiger partial charge in [-0.1, -0.05) is 0 Å². The molecule has 1 N–H and O–H groups in total. The number of anilines is 1. The highest BCUT2D eigenvalue weighted by Gasteiger charge is 2.36. The Balaban J connectivity index is 2.08. The van der Waals surface area contributed by atoms with Gasteiger partial charge in [0.15, 0.2) is 5.11 Å². The smallest absolute Gasteiger partial charge is 0.270 e. The summed E-state index contributed by atoms with van der Waals surface area (Å²) in [7, 11) is 4.96. The predicted molar refractivity (Wildman–Crippen MR) is 111 cm³/mol. The van der Waals surface area contributed by atoms with E-state index < -0.39 is 11.8 Å². The minimum atomic E-state index is -0.528. The van der Waals surface area contributed by atoms with Crippen molar-refractivity contribution in [3.05, 3.63) is 46.8 Å². The minimum absolute atomic E-state index is 0.000158. The lowest BCUT2D eigenvalue weighted by molar-refractivity contribution is -0.122. The number of aryl methyl sites for hydroxylation is 1. The lowest BCUT2D eigenvalue weighted by Crippen LogP contribution is -2.54. The Hall–Kier alpha value is -3.13. The Bertz CT molecular complexity index is 1020. The summed E-state index contributed by atoms with van der Waals surface area (Å²) in [5, 5.41) is 2.58. The zero-order chi connectivity index (χ0) is 20.6. The summed E-state index contributed by atoms with van der Waals surface area (Å²) >= 11 is 5.26. The van der Waals surface area contributed by atoms with Crippen LogP contribution in [0, 0.1) is 13.8 Å². The molecule has 2 heterocycles. The summed E-state index contributed by atoms with van der Waals surface area (Å²) in [6, 6.07) is 6.93. The van der Waals surface area contributed by atoms with Crippen molar-refractivity contribution < 1.29 is 19.1 Å². The number of aromatic nitrogens is 1. The van der Waals surface area contributed by atoms with Crippen LogP contribution in [0.1, 0.15) is 17.0 Å². The van der Waals surface area contributed by atoms with Gasteiger partial charge in [0.2, 0.25) is 0 Å². The number of nitrogens with one attached hydrogen (secondary N) is 1. The highest BCUT2D eigenvalue weighted by atomic mass is 32.1. The largest absolute Gasteiger partial charge is 0.497 e. The van der Waals surface area contributed by atoms with Crippen LogP contribution in [0.25, 0.3) is 6.08 Å². The number of methoxy groups -OCH3 is 2. The summed E-state index contributed by atoms with van der Waals surface area (Å²) in [4.78, 5) is 26.9. The van der Waals surface area contributed by atoms with Crippen LogP contribution in [-0.4, -0.2) is 35.7 Å². The number of amides is 2. The average molecular weight is 399 g/mol. The summed E-state index contributed by atoms with van der Waals surface area (Å²) in [5.74, 6) is -0.0683. The first-order valence-corrected chi connectivity index (χ1v) is 8.95. The van der Waals surface area contributed by atoms with Crippen molar-refractivity contribution in [1.29, 1.82) is 0 Å². The molecule has 1 aliphatic rings. The minimum Gasteiger partial charge on any atom is -0.497 e. The van der Waals surface area contributed by atoms with Crippen molar-refractivity contribution in [3.63, 3.8) is 0 Å². The van der Waals surface area contributed by atoms with Crippen molar-refractivity contribution in [2.24, 2.45) is 7.05 Å². The number of ether oxygens (including phenoxy) is 2. The van der Waals surface area contributed by atoms with E-state index >= 15 is 0 Å². The topological polar surface area (TPSA) is 72.8 Å². The standard InChI is InChI=1S/C20H21N3O4S/c1-11-8-13(12(2)22(11)3)9-15-18(24)21-20(28)23(19(15)25)16-7-6-14(26-4)10-17(16)27-5/h6-10H,1-5H3,(H,21,24,28). The third kappa shape index (κ3) is 3.27. The first-order chi connectivity index (χ1) is 13.3. The molecule has 146 valence electrons. The number of carbonyl (C=O) groups is 2. The maximum absolute atomic E-state index is 13.2. The Morgan fingerprint density at radius 3 is 2.39 bits per heavy atom. The third-order valence-corrected chi connectivity index (χ3v) is 5.13. The van der Waals surface area contributed by atoms with Gasteiger partial charge in [0.05, 0.1) is 19.9 Å². The van der Waals surface area contributed by atoms with Crippen LogP contribution in [0.5, 0.6) is 11.5 Å². The predicted octanol–water partition coefficient (Wildman–Crippen LogP) is 2.49. The number of benzene rings is 1. The van der Waals surface area contributed by atoms with Gasteiger partial charge in [-0.2, -0.15) is 0 Å². The summed E-state index contributed by atoms with van der Waals surface area (Å²) in [5.41, 5.74) is 3.20. The highest BCUT2D eigenvalue weighted by Crippen LogP contribution is 2.34. The quantitative estimate of drug-likeness (QED) is 0.486. The molecule has 1 fully saturated rings. The van der Waals surface area contributed by atoms with Crippen LogP contribution in [0.4, 0.5) is 5.69 Å². The molecule has 1 aromatic heterocycles. The first kappa shape index (κ1) is 19.6. The van der Waals surface area contributed by atoms with Gasteiger partial charge in [-0.25, -0.2) is 4.90 Å². The molecule has 0 atom stereocenters. The molecule has 0 unspecified atom stereocenters. The van der Waals surface area contributed by atoms with Gasteiger partial charge in [0.1, 0.15) is 17.1 Å². The van der Waals surface area contributed by atoms with Gasteiger partial charge in [-0.05, 0) is 55.9 Å². The molecule has 2 aromatic rings. The van der Waals surface area contributed by atoms with E-state index in [1.54, 1.807) is 24.3 Å². The molecule has 0 spiro atoms. The third-order valence-electron chi connectivity index (χ3n) is 4.84. The van der Waals surface area contributed by atoms with Gasteiger partial charge in [-0.15, -0.1) is 0 Å². The molecule has 3 rings (SSSR count). The Kier molecular flexibility index (Phi) is 5.24. The second kappa shape index (κ2) is 7.47. The number of carbonyl (C=O) groups excluding carboxylic acids is 2. The van der Waals surface area contributed by atoms with Gasteiger partial charge >= 0.3 is 0 Å². The number of hydrogen-bond acceptors (Lipinski definition) is 5. The van der Waals surface area contributed by atoms with Crippen LogP contribution in [0.2, 0.25) is 0 Å². The van der Waals surface area contributed by atoms with Crippen LogP contribution < -0.4 is 19.7 Å². The van der Waals surface area contributed by atoms with Crippen LogP contribution in [0.15, 0.2) is 29.8 Å². The molecule has 28 heavy (non-hydrogen) atoms. The molecule has 0 radical (unpaired) electrons. The molecule has 1 aromatic carbocycles. The molecule has 2 amide bonds. The first-order valence-electron chi connectivity index (χ1n) is 8.55. The Labute approximate surface area is 168 Å². The van der Waals surface area contributed by atoms with E-state index in [2.05, 4.69) is 5.32 Å². The molecule has 1 saturated heterocycles. The number of nitrogens with zero attached hydrogens (tertiary/aromatic N) is 2. The van der Waals surface area contributed by atoms with Gasteiger partial charge in [0.25, 0.3) is 11.8 Å². The van der Waals surface area contributed by atoms with Gasteiger partial charge in [-0.3, -0.25) is 14.9 Å². The van der Waals surface area contributed by atoms with Crippen molar-refractivity contribution in [3.8, 4) is 11.5 Å². The van der Waals surface area contributed by atoms with Crippen LogP contribution in [-0.2, 0) is 16.6 Å². The van der Waals surface area contributed by atoms with E-state index in [0.717, 1.165) is 17.0 Å². The number of thiocarbonyl (C=S) groups is 1. The normalized spacial score (nSPS) is 15.8. The average Bonchev–Trinajstić information content (AvgIpc) is 2.91. The number of rotatable bonds is 4. The maximum atomic E-state index is 13.2.